The topological polar surface area (TPSA) is 53.0 Å². The third kappa shape index (κ3) is 4.46. The highest BCUT2D eigenvalue weighted by atomic mass is 16.6. The van der Waals surface area contributed by atoms with Crippen LogP contribution in [0.4, 0.5) is 0 Å². The van der Waals surface area contributed by atoms with Crippen LogP contribution in [0.25, 0.3) is 0 Å². The van der Waals surface area contributed by atoms with Gasteiger partial charge in [-0.05, 0) is 51.4 Å². The Morgan fingerprint density at radius 3 is 2.65 bits per heavy atom. The maximum absolute atomic E-state index is 11.0. The minimum absolute atomic E-state index is 0.0523. The van der Waals surface area contributed by atoms with Crippen LogP contribution in [0.3, 0.4) is 0 Å². The summed E-state index contributed by atoms with van der Waals surface area (Å²) in [6.45, 7) is 10.3. The molecule has 5 atom stereocenters. The van der Waals surface area contributed by atoms with Gasteiger partial charge in [0.1, 0.15) is 5.60 Å². The highest BCUT2D eigenvalue weighted by Crippen LogP contribution is 2.45. The van der Waals surface area contributed by atoms with E-state index in [9.17, 15) is 10.2 Å². The van der Waals surface area contributed by atoms with Gasteiger partial charge >= 0.3 is 0 Å². The van der Waals surface area contributed by atoms with Gasteiger partial charge in [-0.3, -0.25) is 0 Å². The zero-order chi connectivity index (χ0) is 17.3. The van der Waals surface area contributed by atoms with Gasteiger partial charge in [0.25, 0.3) is 0 Å². The number of hydrogen-bond donors (Lipinski definition) is 2. The van der Waals surface area contributed by atoms with E-state index in [2.05, 4.69) is 26.0 Å². The monoisotopic (exact) mass is 322 g/mol. The number of ether oxygens (including phenoxy) is 1. The molecule has 2 aliphatic rings. The van der Waals surface area contributed by atoms with Crippen LogP contribution in [0.5, 0.6) is 0 Å². The molecule has 3 nitrogen and oxygen atoms in total. The summed E-state index contributed by atoms with van der Waals surface area (Å²) < 4.78 is 5.82. The molecule has 3 heteroatoms. The Morgan fingerprint density at radius 2 is 2.00 bits per heavy atom. The minimum atomic E-state index is -0.983. The fourth-order valence-electron chi connectivity index (χ4n) is 3.40. The molecule has 0 aromatic carbocycles. The molecule has 1 heterocycles. The van der Waals surface area contributed by atoms with Gasteiger partial charge in [0.15, 0.2) is 0 Å². The highest BCUT2D eigenvalue weighted by Gasteiger charge is 2.58. The second-order valence-corrected chi connectivity index (χ2v) is 8.16. The number of rotatable bonds is 1. The van der Waals surface area contributed by atoms with Crippen molar-refractivity contribution in [3.05, 3.63) is 23.8 Å². The number of aliphatic hydroxyl groups is 2. The predicted octanol–water partition coefficient (Wildman–Crippen LogP) is 3.99. The van der Waals surface area contributed by atoms with E-state index in [4.69, 9.17) is 4.74 Å². The molecular weight excluding hydrogens is 288 g/mol. The van der Waals surface area contributed by atoms with E-state index >= 15 is 0 Å². The molecule has 0 spiro atoms. The normalized spacial score (nSPS) is 46.4. The Bertz CT molecular complexity index is 468. The Kier molecular flexibility index (Phi) is 5.76. The molecule has 132 valence electrons. The molecule has 0 aromatic rings. The van der Waals surface area contributed by atoms with Crippen molar-refractivity contribution >= 4 is 0 Å². The molecule has 0 aromatic heterocycles. The van der Waals surface area contributed by atoms with E-state index in [1.165, 1.54) is 5.57 Å². The van der Waals surface area contributed by atoms with Gasteiger partial charge in [-0.2, -0.15) is 0 Å². The van der Waals surface area contributed by atoms with Gasteiger partial charge in [-0.15, -0.1) is 0 Å². The van der Waals surface area contributed by atoms with Crippen molar-refractivity contribution in [2.24, 2.45) is 11.8 Å². The minimum Gasteiger partial charge on any atom is -0.390 e. The zero-order valence-corrected chi connectivity index (χ0v) is 15.4. The summed E-state index contributed by atoms with van der Waals surface area (Å²) in [5.74, 6) is 0.473. The summed E-state index contributed by atoms with van der Waals surface area (Å²) in [6, 6.07) is 0. The van der Waals surface area contributed by atoms with Crippen molar-refractivity contribution in [1.82, 2.24) is 0 Å². The van der Waals surface area contributed by atoms with E-state index in [0.717, 1.165) is 25.7 Å². The Balaban J connectivity index is 2.21. The van der Waals surface area contributed by atoms with E-state index < -0.39 is 17.3 Å². The number of allylic oxidation sites excluding steroid dienone is 3. The summed E-state index contributed by atoms with van der Waals surface area (Å²) in [5, 5.41) is 21.7. The van der Waals surface area contributed by atoms with E-state index in [-0.39, 0.29) is 12.0 Å². The fourth-order valence-corrected chi connectivity index (χ4v) is 3.40. The molecule has 1 aliphatic heterocycles. The van der Waals surface area contributed by atoms with Crippen LogP contribution in [0.1, 0.15) is 66.7 Å². The predicted molar refractivity (Wildman–Crippen MR) is 94.2 cm³/mol. The molecule has 2 rings (SSSR count). The maximum Gasteiger partial charge on any atom is 0.118 e. The van der Waals surface area contributed by atoms with Gasteiger partial charge in [0.2, 0.25) is 0 Å². The highest BCUT2D eigenvalue weighted by molar-refractivity contribution is 5.13. The molecular formula is C20H34O3. The Labute approximate surface area is 141 Å². The summed E-state index contributed by atoms with van der Waals surface area (Å²) >= 11 is 0. The summed E-state index contributed by atoms with van der Waals surface area (Å²) in [5.41, 5.74) is -0.0836. The van der Waals surface area contributed by atoms with Crippen molar-refractivity contribution in [1.29, 1.82) is 0 Å². The van der Waals surface area contributed by atoms with Gasteiger partial charge < -0.3 is 14.9 Å². The van der Waals surface area contributed by atoms with Crippen LogP contribution in [0.15, 0.2) is 23.8 Å². The maximum atomic E-state index is 11.0. The average molecular weight is 322 g/mol. The van der Waals surface area contributed by atoms with Gasteiger partial charge in [0.05, 0.1) is 17.8 Å². The molecule has 1 saturated heterocycles. The lowest BCUT2D eigenvalue weighted by molar-refractivity contribution is -0.0296. The summed E-state index contributed by atoms with van der Waals surface area (Å²) in [4.78, 5) is 0. The lowest BCUT2D eigenvalue weighted by atomic mass is 9.80. The molecule has 0 radical (unpaired) electrons. The van der Waals surface area contributed by atoms with Crippen LogP contribution in [-0.4, -0.2) is 33.6 Å². The van der Waals surface area contributed by atoms with Gasteiger partial charge in [0, 0.05) is 6.42 Å². The van der Waals surface area contributed by atoms with Crippen LogP contribution in [0, 0.1) is 11.8 Å². The third-order valence-electron chi connectivity index (χ3n) is 5.79. The van der Waals surface area contributed by atoms with Crippen molar-refractivity contribution in [2.75, 3.05) is 0 Å². The largest absolute Gasteiger partial charge is 0.390 e. The van der Waals surface area contributed by atoms with Gasteiger partial charge in [-0.25, -0.2) is 0 Å². The standard InChI is InChI=1S/C20H34O3/c1-14(2)20(22)12-11-16(4)8-6-7-15(3)9-10-18-19(5,23-18)17(21)13-20/h7,11-12,14,16-18,21-22H,6,8-10,13H2,1-5H3/b12-11+,15-7+/t16-,17+,18+,19+,20-/m0/s1. The lowest BCUT2D eigenvalue weighted by Gasteiger charge is -2.33. The molecule has 1 fully saturated rings. The van der Waals surface area contributed by atoms with E-state index in [0.29, 0.717) is 12.3 Å². The first-order valence-electron chi connectivity index (χ1n) is 9.10. The van der Waals surface area contributed by atoms with Crippen molar-refractivity contribution in [3.63, 3.8) is 0 Å². The smallest absolute Gasteiger partial charge is 0.118 e. The number of fused-ring (bicyclic) bond motifs is 1. The SMILES string of the molecule is C/C1=C\CC[C@H](C)/C=C/[C@@](O)(C(C)C)C[C@@H](O)[C@@]2(C)O[C@@H]2CC1. The van der Waals surface area contributed by atoms with Crippen molar-refractivity contribution in [3.8, 4) is 0 Å². The van der Waals surface area contributed by atoms with E-state index in [1.807, 2.05) is 26.8 Å². The molecule has 0 bridgehead atoms. The molecule has 0 saturated carbocycles. The van der Waals surface area contributed by atoms with Crippen molar-refractivity contribution < 1.29 is 14.9 Å². The Morgan fingerprint density at radius 1 is 1.30 bits per heavy atom. The lowest BCUT2D eigenvalue weighted by Crippen LogP contribution is -2.42. The molecule has 2 N–H and O–H groups in total. The number of epoxide rings is 1. The summed E-state index contributed by atoms with van der Waals surface area (Å²) in [7, 11) is 0. The van der Waals surface area contributed by atoms with Crippen LogP contribution >= 0.6 is 0 Å². The molecule has 0 unspecified atom stereocenters. The third-order valence-corrected chi connectivity index (χ3v) is 5.79. The first-order valence-corrected chi connectivity index (χ1v) is 9.10. The quantitative estimate of drug-likeness (QED) is 0.567. The molecule has 0 amide bonds. The molecule has 1 aliphatic carbocycles. The number of aliphatic hydroxyl groups excluding tert-OH is 1. The van der Waals surface area contributed by atoms with Crippen LogP contribution in [0.2, 0.25) is 0 Å². The average Bonchev–Trinajstić information content (AvgIpc) is 3.14. The number of hydrogen-bond acceptors (Lipinski definition) is 3. The second kappa shape index (κ2) is 7.08. The Hall–Kier alpha value is -0.640. The second-order valence-electron chi connectivity index (χ2n) is 8.16. The van der Waals surface area contributed by atoms with E-state index in [1.54, 1.807) is 0 Å². The van der Waals surface area contributed by atoms with Gasteiger partial charge in [-0.1, -0.05) is 44.6 Å². The molecule has 23 heavy (non-hydrogen) atoms. The fraction of sp³-hybridized carbons (Fsp3) is 0.800. The first kappa shape index (κ1) is 18.7. The van der Waals surface area contributed by atoms with Crippen LogP contribution < -0.4 is 0 Å². The van der Waals surface area contributed by atoms with Crippen LogP contribution in [-0.2, 0) is 4.74 Å². The van der Waals surface area contributed by atoms with Crippen molar-refractivity contribution in [2.45, 2.75) is 90.1 Å². The first-order chi connectivity index (χ1) is 10.7. The summed E-state index contributed by atoms with van der Waals surface area (Å²) in [6.07, 6.45) is 10.2. The zero-order valence-electron chi connectivity index (χ0n) is 15.4.